The monoisotopic (exact) mass is 414 g/mol. The van der Waals surface area contributed by atoms with Crippen LogP contribution in [0.15, 0.2) is 72.8 Å². The maximum atomic E-state index is 13.2. The number of hydrogen-bond acceptors (Lipinski definition) is 4. The molecule has 0 bridgehead atoms. The summed E-state index contributed by atoms with van der Waals surface area (Å²) in [6.45, 7) is 1.92. The van der Waals surface area contributed by atoms with E-state index in [1.165, 1.54) is 0 Å². The number of carbonyl (C=O) groups is 3. The number of fused-ring (bicyclic) bond motifs is 1. The topological polar surface area (TPSA) is 66.9 Å². The van der Waals surface area contributed by atoms with Gasteiger partial charge >= 0.3 is 0 Å². The molecular formula is C25H22N2O4. The zero-order valence-electron chi connectivity index (χ0n) is 17.5. The van der Waals surface area contributed by atoms with Gasteiger partial charge in [0.05, 0.1) is 30.0 Å². The standard InChI is InChI=1S/C25H22N2O4/c1-16(19-11-6-7-14-22(19)31-3)26(2)23(28)17-9-8-10-18(15-17)27-24(29)20-12-4-5-13-21(20)25(27)30/h4-16H,1-3H3/t16-/m0/s1. The Balaban J connectivity index is 1.62. The normalized spacial score (nSPS) is 13.7. The van der Waals surface area contributed by atoms with Crippen LogP contribution in [0.1, 0.15) is 49.6 Å². The van der Waals surface area contributed by atoms with E-state index >= 15 is 0 Å². The van der Waals surface area contributed by atoms with Crippen molar-refractivity contribution in [2.75, 3.05) is 19.1 Å². The fourth-order valence-corrected chi connectivity index (χ4v) is 3.80. The Bertz CT molecular complexity index is 1150. The number of para-hydroxylation sites is 1. The lowest BCUT2D eigenvalue weighted by Crippen LogP contribution is -2.31. The summed E-state index contributed by atoms with van der Waals surface area (Å²) in [7, 11) is 3.31. The van der Waals surface area contributed by atoms with Crippen LogP contribution in [0.3, 0.4) is 0 Å². The number of anilines is 1. The second-order valence-corrected chi connectivity index (χ2v) is 7.38. The van der Waals surface area contributed by atoms with E-state index in [0.29, 0.717) is 28.1 Å². The first kappa shape index (κ1) is 20.3. The number of ether oxygens (including phenoxy) is 1. The van der Waals surface area contributed by atoms with E-state index in [1.807, 2.05) is 31.2 Å². The van der Waals surface area contributed by atoms with Crippen molar-refractivity contribution in [3.05, 3.63) is 95.1 Å². The summed E-state index contributed by atoms with van der Waals surface area (Å²) in [5, 5.41) is 0. The lowest BCUT2D eigenvalue weighted by molar-refractivity contribution is 0.0740. The predicted molar refractivity (Wildman–Crippen MR) is 118 cm³/mol. The minimum Gasteiger partial charge on any atom is -0.496 e. The molecule has 1 aliphatic rings. The molecule has 0 spiro atoms. The van der Waals surface area contributed by atoms with E-state index in [-0.39, 0.29) is 23.8 Å². The van der Waals surface area contributed by atoms with E-state index < -0.39 is 0 Å². The van der Waals surface area contributed by atoms with Crippen molar-refractivity contribution in [1.29, 1.82) is 0 Å². The molecule has 3 amide bonds. The molecule has 6 nitrogen and oxygen atoms in total. The number of benzene rings is 3. The Kier molecular flexibility index (Phi) is 5.29. The van der Waals surface area contributed by atoms with Gasteiger partial charge in [-0.05, 0) is 43.3 Å². The maximum Gasteiger partial charge on any atom is 0.266 e. The highest BCUT2D eigenvalue weighted by molar-refractivity contribution is 6.34. The molecule has 0 aromatic heterocycles. The van der Waals surface area contributed by atoms with Gasteiger partial charge in [-0.1, -0.05) is 36.4 Å². The molecule has 1 aliphatic heterocycles. The zero-order chi connectivity index (χ0) is 22.1. The first-order valence-electron chi connectivity index (χ1n) is 9.92. The number of nitrogens with zero attached hydrogens (tertiary/aromatic N) is 2. The van der Waals surface area contributed by atoms with E-state index in [9.17, 15) is 14.4 Å². The number of amides is 3. The van der Waals surface area contributed by atoms with Gasteiger partial charge in [-0.25, -0.2) is 4.90 Å². The molecule has 0 unspecified atom stereocenters. The number of hydrogen-bond donors (Lipinski definition) is 0. The van der Waals surface area contributed by atoms with Crippen molar-refractivity contribution < 1.29 is 19.1 Å². The van der Waals surface area contributed by atoms with Crippen LogP contribution in [0.2, 0.25) is 0 Å². The molecule has 156 valence electrons. The number of imide groups is 1. The summed E-state index contributed by atoms with van der Waals surface area (Å²) in [5.41, 5.74) is 2.38. The average Bonchev–Trinajstić information content (AvgIpc) is 3.07. The summed E-state index contributed by atoms with van der Waals surface area (Å²) < 4.78 is 5.42. The van der Waals surface area contributed by atoms with Gasteiger partial charge in [0.2, 0.25) is 0 Å². The molecule has 0 saturated heterocycles. The van der Waals surface area contributed by atoms with Gasteiger partial charge in [-0.3, -0.25) is 14.4 Å². The molecule has 0 saturated carbocycles. The summed E-state index contributed by atoms with van der Waals surface area (Å²) in [6.07, 6.45) is 0. The third kappa shape index (κ3) is 3.46. The molecule has 0 aliphatic carbocycles. The first-order valence-corrected chi connectivity index (χ1v) is 9.92. The van der Waals surface area contributed by atoms with Crippen LogP contribution in [0.25, 0.3) is 0 Å². The van der Waals surface area contributed by atoms with Crippen molar-refractivity contribution in [3.63, 3.8) is 0 Å². The fourth-order valence-electron chi connectivity index (χ4n) is 3.80. The molecule has 6 heteroatoms. The summed E-state index contributed by atoms with van der Waals surface area (Å²) in [6, 6.07) is 20.6. The summed E-state index contributed by atoms with van der Waals surface area (Å²) >= 11 is 0. The van der Waals surface area contributed by atoms with Gasteiger partial charge < -0.3 is 9.64 Å². The lowest BCUT2D eigenvalue weighted by atomic mass is 10.0. The largest absolute Gasteiger partial charge is 0.496 e. The van der Waals surface area contributed by atoms with Crippen LogP contribution in [0.5, 0.6) is 5.75 Å². The lowest BCUT2D eigenvalue weighted by Gasteiger charge is -2.27. The molecule has 4 rings (SSSR count). The smallest absolute Gasteiger partial charge is 0.266 e. The molecule has 0 radical (unpaired) electrons. The summed E-state index contributed by atoms with van der Waals surface area (Å²) in [4.78, 5) is 41.5. The van der Waals surface area contributed by atoms with Crippen LogP contribution < -0.4 is 9.64 Å². The van der Waals surface area contributed by atoms with Crippen molar-refractivity contribution in [2.45, 2.75) is 13.0 Å². The number of rotatable bonds is 5. The molecule has 1 heterocycles. The SMILES string of the molecule is COc1ccccc1[C@H](C)N(C)C(=O)c1cccc(N2C(=O)c3ccccc3C2=O)c1. The molecule has 31 heavy (non-hydrogen) atoms. The second-order valence-electron chi connectivity index (χ2n) is 7.38. The van der Waals surface area contributed by atoms with E-state index in [1.54, 1.807) is 67.6 Å². The minimum atomic E-state index is -0.388. The second kappa shape index (κ2) is 8.07. The predicted octanol–water partition coefficient (Wildman–Crippen LogP) is 4.33. The van der Waals surface area contributed by atoms with Crippen molar-refractivity contribution in [3.8, 4) is 5.75 Å². The van der Waals surface area contributed by atoms with Crippen LogP contribution in [-0.4, -0.2) is 36.8 Å². The summed E-state index contributed by atoms with van der Waals surface area (Å²) in [5.74, 6) is -0.298. The third-order valence-electron chi connectivity index (χ3n) is 5.64. The highest BCUT2D eigenvalue weighted by atomic mass is 16.5. The van der Waals surface area contributed by atoms with Gasteiger partial charge in [0.1, 0.15) is 5.75 Å². The van der Waals surface area contributed by atoms with Crippen molar-refractivity contribution >= 4 is 23.4 Å². The Morgan fingerprint density at radius 2 is 1.52 bits per heavy atom. The van der Waals surface area contributed by atoms with E-state index in [0.717, 1.165) is 10.5 Å². The van der Waals surface area contributed by atoms with Gasteiger partial charge in [-0.2, -0.15) is 0 Å². The Morgan fingerprint density at radius 3 is 2.16 bits per heavy atom. The van der Waals surface area contributed by atoms with E-state index in [4.69, 9.17) is 4.74 Å². The Hall–Kier alpha value is -3.93. The minimum absolute atomic E-state index is 0.225. The van der Waals surface area contributed by atoms with Crippen LogP contribution in [0.4, 0.5) is 5.69 Å². The van der Waals surface area contributed by atoms with Crippen LogP contribution in [0, 0.1) is 0 Å². The van der Waals surface area contributed by atoms with Crippen LogP contribution in [-0.2, 0) is 0 Å². The molecular weight excluding hydrogens is 392 g/mol. The highest BCUT2D eigenvalue weighted by Crippen LogP contribution is 2.31. The molecule has 3 aromatic carbocycles. The third-order valence-corrected chi connectivity index (χ3v) is 5.64. The first-order chi connectivity index (χ1) is 14.9. The van der Waals surface area contributed by atoms with E-state index in [2.05, 4.69) is 0 Å². The quantitative estimate of drug-likeness (QED) is 0.583. The Morgan fingerprint density at radius 1 is 0.903 bits per heavy atom. The highest BCUT2D eigenvalue weighted by Gasteiger charge is 2.36. The van der Waals surface area contributed by atoms with Crippen LogP contribution >= 0.6 is 0 Å². The molecule has 0 fully saturated rings. The van der Waals surface area contributed by atoms with Gasteiger partial charge in [0.25, 0.3) is 17.7 Å². The molecule has 3 aromatic rings. The van der Waals surface area contributed by atoms with Crippen molar-refractivity contribution in [2.24, 2.45) is 0 Å². The fraction of sp³-hybridized carbons (Fsp3) is 0.160. The average molecular weight is 414 g/mol. The van der Waals surface area contributed by atoms with Gasteiger partial charge in [0, 0.05) is 18.2 Å². The Labute approximate surface area is 180 Å². The van der Waals surface area contributed by atoms with Gasteiger partial charge in [0.15, 0.2) is 0 Å². The maximum absolute atomic E-state index is 13.2. The van der Waals surface area contributed by atoms with Gasteiger partial charge in [-0.15, -0.1) is 0 Å². The number of carbonyl (C=O) groups excluding carboxylic acids is 3. The molecule has 1 atom stereocenters. The zero-order valence-corrected chi connectivity index (χ0v) is 17.5. The number of methoxy groups -OCH3 is 1. The molecule has 0 N–H and O–H groups in total. The van der Waals surface area contributed by atoms with Crippen molar-refractivity contribution in [1.82, 2.24) is 4.90 Å².